The predicted molar refractivity (Wildman–Crippen MR) is 116 cm³/mol. The molecule has 1 aliphatic heterocycles. The van der Waals surface area contributed by atoms with Gasteiger partial charge in [0.25, 0.3) is 0 Å². The first-order valence-corrected chi connectivity index (χ1v) is 11.9. The van der Waals surface area contributed by atoms with Crippen LogP contribution in [-0.2, 0) is 4.79 Å². The van der Waals surface area contributed by atoms with E-state index in [0.717, 1.165) is 57.2 Å². The maximum Gasteiger partial charge on any atom is 0.246 e. The molecule has 5 unspecified atom stereocenters. The van der Waals surface area contributed by atoms with Crippen molar-refractivity contribution in [3.8, 4) is 0 Å². The van der Waals surface area contributed by atoms with Gasteiger partial charge >= 0.3 is 0 Å². The van der Waals surface area contributed by atoms with Crippen LogP contribution in [0.1, 0.15) is 71.6 Å². The monoisotopic (exact) mass is 406 g/mol. The molecule has 0 aromatic carbocycles. The molecule has 3 rings (SSSR count). The standard InChI is InChI=1S/C24H42N2O3/c1-24(2,29)21-8-6-17(15-22(21)27)7-9-23(28)26-12-10-19(11-13-26)20-5-3-4-18(14-20)16-25/h7,9,17-22,27,29H,3-6,8,10-16,25H2,1-2H3/b9-7+. The highest BCUT2D eigenvalue weighted by atomic mass is 16.3. The smallest absolute Gasteiger partial charge is 0.246 e. The number of amides is 1. The van der Waals surface area contributed by atoms with Crippen LogP contribution in [0, 0.1) is 29.6 Å². The average Bonchev–Trinajstić information content (AvgIpc) is 2.71. The fourth-order valence-corrected chi connectivity index (χ4v) is 6.07. The summed E-state index contributed by atoms with van der Waals surface area (Å²) < 4.78 is 0. The Hall–Kier alpha value is -0.910. The maximum atomic E-state index is 12.6. The molecule has 5 heteroatoms. The number of hydrogen-bond acceptors (Lipinski definition) is 4. The maximum absolute atomic E-state index is 12.6. The Morgan fingerprint density at radius 1 is 1.07 bits per heavy atom. The second-order valence-corrected chi connectivity index (χ2v) is 10.5. The molecule has 0 aromatic heterocycles. The van der Waals surface area contributed by atoms with Crippen LogP contribution in [0.4, 0.5) is 0 Å². The van der Waals surface area contributed by atoms with Crippen LogP contribution in [0.5, 0.6) is 0 Å². The van der Waals surface area contributed by atoms with E-state index in [1.165, 1.54) is 25.7 Å². The quantitative estimate of drug-likeness (QED) is 0.612. The third kappa shape index (κ3) is 6.05. The molecule has 1 amide bonds. The third-order valence-corrected chi connectivity index (χ3v) is 7.95. The summed E-state index contributed by atoms with van der Waals surface area (Å²) in [6, 6.07) is 0. The number of nitrogens with two attached hydrogens (primary N) is 1. The normalized spacial score (nSPS) is 35.2. The molecule has 1 heterocycles. The minimum Gasteiger partial charge on any atom is -0.393 e. The number of allylic oxidation sites excluding steroid dienone is 1. The lowest BCUT2D eigenvalue weighted by Gasteiger charge is -2.39. The average molecular weight is 407 g/mol. The van der Waals surface area contributed by atoms with E-state index in [-0.39, 0.29) is 17.7 Å². The molecule has 0 radical (unpaired) electrons. The molecular formula is C24H42N2O3. The number of likely N-dealkylation sites (tertiary alicyclic amines) is 1. The molecule has 29 heavy (non-hydrogen) atoms. The molecule has 0 spiro atoms. The second-order valence-electron chi connectivity index (χ2n) is 10.5. The molecule has 4 N–H and O–H groups in total. The molecule has 2 saturated carbocycles. The van der Waals surface area contributed by atoms with Gasteiger partial charge < -0.3 is 20.8 Å². The van der Waals surface area contributed by atoms with Crippen LogP contribution in [0.25, 0.3) is 0 Å². The van der Waals surface area contributed by atoms with Gasteiger partial charge in [0, 0.05) is 19.0 Å². The van der Waals surface area contributed by atoms with Crippen molar-refractivity contribution >= 4 is 5.91 Å². The Morgan fingerprint density at radius 3 is 2.41 bits per heavy atom. The number of carbonyl (C=O) groups is 1. The lowest BCUT2D eigenvalue weighted by Crippen LogP contribution is -2.43. The third-order valence-electron chi connectivity index (χ3n) is 7.95. The summed E-state index contributed by atoms with van der Waals surface area (Å²) in [7, 11) is 0. The van der Waals surface area contributed by atoms with E-state index in [4.69, 9.17) is 5.73 Å². The van der Waals surface area contributed by atoms with E-state index in [2.05, 4.69) is 0 Å². The van der Waals surface area contributed by atoms with Gasteiger partial charge in [-0.2, -0.15) is 0 Å². The fourth-order valence-electron chi connectivity index (χ4n) is 6.07. The lowest BCUT2D eigenvalue weighted by atomic mass is 9.72. The second kappa shape index (κ2) is 9.93. The van der Waals surface area contributed by atoms with Gasteiger partial charge in [0.1, 0.15) is 0 Å². The number of rotatable bonds is 5. The van der Waals surface area contributed by atoms with E-state index in [9.17, 15) is 15.0 Å². The molecule has 5 nitrogen and oxygen atoms in total. The first-order chi connectivity index (χ1) is 13.8. The number of hydrogen-bond donors (Lipinski definition) is 3. The van der Waals surface area contributed by atoms with Crippen LogP contribution in [0.2, 0.25) is 0 Å². The zero-order valence-corrected chi connectivity index (χ0v) is 18.4. The van der Waals surface area contributed by atoms with Crippen molar-refractivity contribution in [3.05, 3.63) is 12.2 Å². The van der Waals surface area contributed by atoms with Crippen molar-refractivity contribution in [1.82, 2.24) is 4.90 Å². The SMILES string of the molecule is CC(C)(O)C1CCC(/C=C/C(=O)N2CCC(C3CCCC(CN)C3)CC2)CC1O. The van der Waals surface area contributed by atoms with E-state index in [0.29, 0.717) is 12.3 Å². The van der Waals surface area contributed by atoms with E-state index >= 15 is 0 Å². The first-order valence-electron chi connectivity index (χ1n) is 11.9. The summed E-state index contributed by atoms with van der Waals surface area (Å²) in [5.41, 5.74) is 5.05. The number of aliphatic hydroxyl groups is 2. The highest BCUT2D eigenvalue weighted by molar-refractivity contribution is 5.87. The van der Waals surface area contributed by atoms with Crippen LogP contribution in [0.3, 0.4) is 0 Å². The molecule has 1 saturated heterocycles. The van der Waals surface area contributed by atoms with Gasteiger partial charge in [-0.25, -0.2) is 0 Å². The van der Waals surface area contributed by atoms with Gasteiger partial charge in [0.15, 0.2) is 0 Å². The number of piperidine rings is 1. The summed E-state index contributed by atoms with van der Waals surface area (Å²) in [5, 5.41) is 20.6. The molecular weight excluding hydrogens is 364 g/mol. The van der Waals surface area contributed by atoms with Crippen LogP contribution >= 0.6 is 0 Å². The zero-order chi connectivity index (χ0) is 21.0. The largest absolute Gasteiger partial charge is 0.393 e. The van der Waals surface area contributed by atoms with Gasteiger partial charge in [-0.15, -0.1) is 0 Å². The lowest BCUT2D eigenvalue weighted by molar-refractivity contribution is -0.127. The van der Waals surface area contributed by atoms with Crippen molar-refractivity contribution in [2.24, 2.45) is 35.3 Å². The van der Waals surface area contributed by atoms with Crippen molar-refractivity contribution in [2.75, 3.05) is 19.6 Å². The van der Waals surface area contributed by atoms with Crippen LogP contribution < -0.4 is 5.73 Å². The van der Waals surface area contributed by atoms with Gasteiger partial charge in [-0.3, -0.25) is 4.79 Å². The van der Waals surface area contributed by atoms with E-state index in [1.54, 1.807) is 19.9 Å². The fraction of sp³-hybridized carbons (Fsp3) is 0.875. The zero-order valence-electron chi connectivity index (χ0n) is 18.4. The molecule has 3 fully saturated rings. The summed E-state index contributed by atoms with van der Waals surface area (Å²) in [5.74, 6) is 2.52. The van der Waals surface area contributed by atoms with Crippen LogP contribution in [-0.4, -0.2) is 52.4 Å². The number of nitrogens with zero attached hydrogens (tertiary/aromatic N) is 1. The molecule has 5 atom stereocenters. The molecule has 0 aromatic rings. The Bertz CT molecular complexity index is 563. The Labute approximate surface area is 176 Å². The van der Waals surface area contributed by atoms with Crippen molar-refractivity contribution < 1.29 is 15.0 Å². The Balaban J connectivity index is 1.43. The highest BCUT2D eigenvalue weighted by Crippen LogP contribution is 2.38. The molecule has 2 aliphatic carbocycles. The summed E-state index contributed by atoms with van der Waals surface area (Å²) >= 11 is 0. The predicted octanol–water partition coefficient (Wildman–Crippen LogP) is 3.09. The van der Waals surface area contributed by atoms with Crippen molar-refractivity contribution in [2.45, 2.75) is 83.3 Å². The van der Waals surface area contributed by atoms with Gasteiger partial charge in [0.2, 0.25) is 5.91 Å². The minimum atomic E-state index is -0.850. The number of aliphatic hydroxyl groups excluding tert-OH is 1. The Kier molecular flexibility index (Phi) is 7.80. The molecule has 0 bridgehead atoms. The van der Waals surface area contributed by atoms with Crippen LogP contribution in [0.15, 0.2) is 12.2 Å². The number of carbonyl (C=O) groups excluding carboxylic acids is 1. The van der Waals surface area contributed by atoms with Gasteiger partial charge in [-0.05, 0) is 95.1 Å². The van der Waals surface area contributed by atoms with Gasteiger partial charge in [-0.1, -0.05) is 18.9 Å². The topological polar surface area (TPSA) is 86.8 Å². The Morgan fingerprint density at radius 2 is 1.79 bits per heavy atom. The summed E-state index contributed by atoms with van der Waals surface area (Å²) in [4.78, 5) is 14.6. The highest BCUT2D eigenvalue weighted by Gasteiger charge is 2.37. The van der Waals surface area contributed by atoms with E-state index < -0.39 is 11.7 Å². The summed E-state index contributed by atoms with van der Waals surface area (Å²) in [6.07, 6.45) is 13.0. The van der Waals surface area contributed by atoms with E-state index in [1.807, 2.05) is 11.0 Å². The van der Waals surface area contributed by atoms with Crippen molar-refractivity contribution in [1.29, 1.82) is 0 Å². The summed E-state index contributed by atoms with van der Waals surface area (Å²) in [6.45, 7) is 6.10. The van der Waals surface area contributed by atoms with Gasteiger partial charge in [0.05, 0.1) is 11.7 Å². The first kappa shape index (κ1) is 22.8. The molecule has 166 valence electrons. The van der Waals surface area contributed by atoms with Crippen molar-refractivity contribution in [3.63, 3.8) is 0 Å². The minimum absolute atomic E-state index is 0.0828. The molecule has 3 aliphatic rings.